The van der Waals surface area contributed by atoms with Crippen LogP contribution in [-0.4, -0.2) is 58.6 Å². The molecule has 2 aliphatic rings. The smallest absolute Gasteiger partial charge is 0.274 e. The number of carbonyl (C=O) groups excluding carboxylic acids is 2. The van der Waals surface area contributed by atoms with Gasteiger partial charge in [-0.15, -0.1) is 0 Å². The van der Waals surface area contributed by atoms with E-state index in [-0.39, 0.29) is 11.7 Å². The van der Waals surface area contributed by atoms with Crippen LogP contribution in [0.4, 0.5) is 5.69 Å². The normalized spacial score (nSPS) is 15.1. The van der Waals surface area contributed by atoms with Crippen LogP contribution >= 0.6 is 0 Å². The zero-order valence-corrected chi connectivity index (χ0v) is 24.8. The number of nitrogens with one attached hydrogen (secondary N) is 1. The van der Waals surface area contributed by atoms with E-state index < -0.39 is 0 Å². The largest absolute Gasteiger partial charge is 0.320 e. The maximum atomic E-state index is 13.3. The van der Waals surface area contributed by atoms with Crippen molar-refractivity contribution in [1.82, 2.24) is 19.8 Å². The monoisotopic (exact) mass is 559 g/mol. The fourth-order valence-corrected chi connectivity index (χ4v) is 6.08. The van der Waals surface area contributed by atoms with Gasteiger partial charge in [0, 0.05) is 62.5 Å². The van der Waals surface area contributed by atoms with E-state index in [2.05, 4.69) is 59.3 Å². The van der Waals surface area contributed by atoms with Crippen molar-refractivity contribution in [2.24, 2.45) is 0 Å². The summed E-state index contributed by atoms with van der Waals surface area (Å²) in [6, 6.07) is 19.8. The summed E-state index contributed by atoms with van der Waals surface area (Å²) in [5.41, 5.74) is 11.2. The lowest BCUT2D eigenvalue weighted by Crippen LogP contribution is -2.28. The third-order valence-corrected chi connectivity index (χ3v) is 8.67. The van der Waals surface area contributed by atoms with Gasteiger partial charge in [0.25, 0.3) is 5.91 Å². The third kappa shape index (κ3) is 5.62. The molecule has 0 bridgehead atoms. The Morgan fingerprint density at radius 3 is 1.98 bits per heavy atom. The van der Waals surface area contributed by atoms with Crippen LogP contribution in [0, 0.1) is 13.8 Å². The van der Waals surface area contributed by atoms with E-state index in [1.165, 1.54) is 11.1 Å². The molecule has 2 aromatic heterocycles. The number of anilines is 1. The predicted molar refractivity (Wildman–Crippen MR) is 166 cm³/mol. The van der Waals surface area contributed by atoms with Crippen molar-refractivity contribution in [3.8, 4) is 11.1 Å². The summed E-state index contributed by atoms with van der Waals surface area (Å²) in [7, 11) is 4.20. The third-order valence-electron chi connectivity index (χ3n) is 8.67. The van der Waals surface area contributed by atoms with Gasteiger partial charge in [-0.3, -0.25) is 9.59 Å². The lowest BCUT2D eigenvalue weighted by molar-refractivity contribution is 0.0985. The summed E-state index contributed by atoms with van der Waals surface area (Å²) < 4.78 is 0. The van der Waals surface area contributed by atoms with Crippen molar-refractivity contribution in [3.05, 3.63) is 111 Å². The molecule has 0 saturated carbocycles. The predicted octanol–water partition coefficient (Wildman–Crippen LogP) is 5.41. The Hall–Kier alpha value is -4.20. The minimum Gasteiger partial charge on any atom is -0.320 e. The summed E-state index contributed by atoms with van der Waals surface area (Å²) in [6.45, 7) is 7.72. The molecule has 4 aromatic rings. The Kier molecular flexibility index (Phi) is 7.71. The number of hydrogen-bond acceptors (Lipinski definition) is 6. The Morgan fingerprint density at radius 1 is 0.738 bits per heavy atom. The summed E-state index contributed by atoms with van der Waals surface area (Å²) in [6.07, 6.45) is 2.01. The summed E-state index contributed by atoms with van der Waals surface area (Å²) in [4.78, 5) is 40.5. The molecule has 1 N–H and O–H groups in total. The van der Waals surface area contributed by atoms with Crippen molar-refractivity contribution in [2.75, 3.05) is 32.5 Å². The van der Waals surface area contributed by atoms with Crippen LogP contribution in [0.25, 0.3) is 11.1 Å². The second-order valence-electron chi connectivity index (χ2n) is 11.7. The molecule has 7 heteroatoms. The fourth-order valence-electron chi connectivity index (χ4n) is 6.08. The highest BCUT2D eigenvalue weighted by Gasteiger charge is 2.20. The number of fused-ring (bicyclic) bond motifs is 2. The molecule has 0 spiro atoms. The number of ketones is 1. The molecule has 0 saturated heterocycles. The van der Waals surface area contributed by atoms with E-state index in [0.717, 1.165) is 83.9 Å². The molecule has 7 nitrogen and oxygen atoms in total. The highest BCUT2D eigenvalue weighted by molar-refractivity contribution is 6.04. The second kappa shape index (κ2) is 11.6. The highest BCUT2D eigenvalue weighted by atomic mass is 16.2. The van der Waals surface area contributed by atoms with Crippen LogP contribution in [-0.2, 0) is 32.4 Å². The van der Waals surface area contributed by atoms with Crippen LogP contribution in [0.2, 0.25) is 0 Å². The maximum Gasteiger partial charge on any atom is 0.274 e. The van der Waals surface area contributed by atoms with Gasteiger partial charge in [0.15, 0.2) is 5.78 Å². The number of carbonyl (C=O) groups is 2. The van der Waals surface area contributed by atoms with Gasteiger partial charge in [-0.25, -0.2) is 9.97 Å². The number of likely N-dealkylation sites (N-methyl/N-ethyl adjacent to an activating group) is 2. The molecule has 42 heavy (non-hydrogen) atoms. The zero-order chi connectivity index (χ0) is 29.4. The Labute approximate surface area is 247 Å². The standard InChI is InChI=1S/C35H37N5O2/c1-22-24(19-34(41)32-13-11-25-20-39(3)17-15-30(25)36-32)7-5-8-27(22)28-9-6-10-29(23(28)2)38-35(42)33-14-12-26-21-40(4)18-16-31(26)37-33/h5-14H,15-21H2,1-4H3,(H,38,42). The topological polar surface area (TPSA) is 78.4 Å². The molecule has 0 aliphatic carbocycles. The van der Waals surface area contributed by atoms with Gasteiger partial charge in [-0.1, -0.05) is 42.5 Å². The number of hydrogen-bond donors (Lipinski definition) is 1. The Morgan fingerprint density at radius 2 is 1.31 bits per heavy atom. The van der Waals surface area contributed by atoms with E-state index >= 15 is 0 Å². The van der Waals surface area contributed by atoms with Crippen molar-refractivity contribution in [1.29, 1.82) is 0 Å². The SMILES string of the molecule is Cc1c(CC(=O)c2ccc3c(n2)CCN(C)C3)cccc1-c1cccc(NC(=O)c2ccc3c(n2)CCN(C)C3)c1C. The van der Waals surface area contributed by atoms with Crippen LogP contribution in [0.5, 0.6) is 0 Å². The molecule has 2 aromatic carbocycles. The molecule has 0 fully saturated rings. The lowest BCUT2D eigenvalue weighted by atomic mass is 9.91. The van der Waals surface area contributed by atoms with E-state index in [1.807, 2.05) is 49.4 Å². The van der Waals surface area contributed by atoms with Crippen LogP contribution in [0.15, 0.2) is 60.7 Å². The van der Waals surface area contributed by atoms with E-state index in [4.69, 9.17) is 4.98 Å². The number of aromatic nitrogens is 2. The van der Waals surface area contributed by atoms with E-state index in [9.17, 15) is 9.59 Å². The molecule has 0 unspecified atom stereocenters. The molecule has 2 aliphatic heterocycles. The fraction of sp³-hybridized carbons (Fsp3) is 0.314. The van der Waals surface area contributed by atoms with Crippen molar-refractivity contribution in [3.63, 3.8) is 0 Å². The number of benzene rings is 2. The van der Waals surface area contributed by atoms with Gasteiger partial charge in [0.2, 0.25) is 0 Å². The van der Waals surface area contributed by atoms with Gasteiger partial charge >= 0.3 is 0 Å². The molecule has 1 amide bonds. The first-order valence-corrected chi connectivity index (χ1v) is 14.6. The van der Waals surface area contributed by atoms with Crippen molar-refractivity contribution < 1.29 is 9.59 Å². The molecule has 214 valence electrons. The zero-order valence-electron chi connectivity index (χ0n) is 24.8. The number of amides is 1. The Balaban J connectivity index is 1.22. The molecular weight excluding hydrogens is 522 g/mol. The minimum absolute atomic E-state index is 0.0268. The van der Waals surface area contributed by atoms with Gasteiger partial charge < -0.3 is 15.1 Å². The average molecular weight is 560 g/mol. The van der Waals surface area contributed by atoms with E-state index in [1.54, 1.807) is 0 Å². The van der Waals surface area contributed by atoms with Gasteiger partial charge in [-0.05, 0) is 85.1 Å². The minimum atomic E-state index is -0.211. The first-order chi connectivity index (χ1) is 20.3. The van der Waals surface area contributed by atoms with Crippen LogP contribution < -0.4 is 5.32 Å². The van der Waals surface area contributed by atoms with Gasteiger partial charge in [0.1, 0.15) is 11.4 Å². The molecule has 0 radical (unpaired) electrons. The molecule has 6 rings (SSSR count). The number of pyridine rings is 2. The first-order valence-electron chi connectivity index (χ1n) is 14.6. The van der Waals surface area contributed by atoms with Crippen LogP contribution in [0.3, 0.4) is 0 Å². The first kappa shape index (κ1) is 27.9. The number of rotatable bonds is 6. The van der Waals surface area contributed by atoms with Crippen LogP contribution in [0.1, 0.15) is 60.2 Å². The molecule has 0 atom stereocenters. The van der Waals surface area contributed by atoms with Gasteiger partial charge in [-0.2, -0.15) is 0 Å². The maximum absolute atomic E-state index is 13.3. The lowest BCUT2D eigenvalue weighted by Gasteiger charge is -2.24. The summed E-state index contributed by atoms with van der Waals surface area (Å²) in [5, 5.41) is 3.09. The van der Waals surface area contributed by atoms with E-state index in [0.29, 0.717) is 17.8 Å². The van der Waals surface area contributed by atoms with Gasteiger partial charge in [0.05, 0.1) is 0 Å². The summed E-state index contributed by atoms with van der Waals surface area (Å²) >= 11 is 0. The van der Waals surface area contributed by atoms with Crippen molar-refractivity contribution >= 4 is 17.4 Å². The summed E-state index contributed by atoms with van der Waals surface area (Å²) in [5.74, 6) is -0.184. The Bertz CT molecular complexity index is 1570. The average Bonchev–Trinajstić information content (AvgIpc) is 2.98. The second-order valence-corrected chi connectivity index (χ2v) is 11.7. The molecular formula is C35H37N5O2. The highest BCUT2D eigenvalue weighted by Crippen LogP contribution is 2.33. The molecule has 4 heterocycles. The number of nitrogens with zero attached hydrogens (tertiary/aromatic N) is 4. The number of Topliss-reactive ketones (excluding diaryl/α,β-unsaturated/α-hetero) is 1. The van der Waals surface area contributed by atoms with Crippen molar-refractivity contribution in [2.45, 2.75) is 46.2 Å². The quantitative estimate of drug-likeness (QED) is 0.318.